The SMILES string of the molecule is C=C1CCC(=O)N1OC(=O)O. The van der Waals surface area contributed by atoms with Crippen LogP contribution in [-0.4, -0.2) is 22.2 Å². The monoisotopic (exact) mass is 157 g/mol. The van der Waals surface area contributed by atoms with Gasteiger partial charge < -0.3 is 5.11 Å². The van der Waals surface area contributed by atoms with Crippen LogP contribution in [0, 0.1) is 0 Å². The van der Waals surface area contributed by atoms with Gasteiger partial charge in [-0.15, -0.1) is 5.06 Å². The molecule has 1 amide bonds. The van der Waals surface area contributed by atoms with Crippen LogP contribution in [0.1, 0.15) is 12.8 Å². The molecule has 0 unspecified atom stereocenters. The van der Waals surface area contributed by atoms with Crippen molar-refractivity contribution in [1.29, 1.82) is 0 Å². The minimum atomic E-state index is -1.50. The maximum atomic E-state index is 10.8. The summed E-state index contributed by atoms with van der Waals surface area (Å²) in [6.07, 6.45) is -0.764. The zero-order valence-corrected chi connectivity index (χ0v) is 5.74. The lowest BCUT2D eigenvalue weighted by atomic mass is 10.3. The molecule has 1 saturated heterocycles. The molecule has 0 spiro atoms. The van der Waals surface area contributed by atoms with Crippen molar-refractivity contribution in [2.75, 3.05) is 0 Å². The number of carbonyl (C=O) groups is 2. The van der Waals surface area contributed by atoms with Crippen LogP contribution >= 0.6 is 0 Å². The standard InChI is InChI=1S/C6H7NO4/c1-4-2-3-5(8)7(4)11-6(9)10/h1-3H2,(H,9,10). The lowest BCUT2D eigenvalue weighted by Crippen LogP contribution is -2.25. The van der Waals surface area contributed by atoms with Crippen LogP contribution in [0.4, 0.5) is 4.79 Å². The van der Waals surface area contributed by atoms with Crippen LogP contribution in [0.25, 0.3) is 0 Å². The van der Waals surface area contributed by atoms with E-state index in [0.29, 0.717) is 17.2 Å². The van der Waals surface area contributed by atoms with E-state index in [0.717, 1.165) is 0 Å². The van der Waals surface area contributed by atoms with Crippen LogP contribution in [0.15, 0.2) is 12.3 Å². The van der Waals surface area contributed by atoms with E-state index in [1.165, 1.54) is 0 Å². The Morgan fingerprint density at radius 2 is 2.27 bits per heavy atom. The highest BCUT2D eigenvalue weighted by Gasteiger charge is 2.27. The first kappa shape index (κ1) is 7.59. The number of carboxylic acid groups (broad SMARTS) is 1. The zero-order valence-electron chi connectivity index (χ0n) is 5.74. The molecule has 5 nitrogen and oxygen atoms in total. The van der Waals surface area contributed by atoms with Crippen LogP contribution in [-0.2, 0) is 9.63 Å². The highest BCUT2D eigenvalue weighted by atomic mass is 16.8. The van der Waals surface area contributed by atoms with Gasteiger partial charge in [0.2, 0.25) is 0 Å². The fraction of sp³-hybridized carbons (Fsp3) is 0.333. The summed E-state index contributed by atoms with van der Waals surface area (Å²) < 4.78 is 0. The second-order valence-corrected chi connectivity index (χ2v) is 2.11. The molecule has 0 bridgehead atoms. The van der Waals surface area contributed by atoms with Crippen LogP contribution in [0.2, 0.25) is 0 Å². The molecule has 5 heteroatoms. The molecular weight excluding hydrogens is 150 g/mol. The van der Waals surface area contributed by atoms with Gasteiger partial charge in [0.25, 0.3) is 5.91 Å². The first-order valence-corrected chi connectivity index (χ1v) is 3.03. The zero-order chi connectivity index (χ0) is 8.43. The number of allylic oxidation sites excluding steroid dienone is 1. The van der Waals surface area contributed by atoms with Crippen LogP contribution in [0.3, 0.4) is 0 Å². The molecule has 0 aromatic rings. The van der Waals surface area contributed by atoms with Gasteiger partial charge >= 0.3 is 6.16 Å². The van der Waals surface area contributed by atoms with Gasteiger partial charge in [-0.25, -0.2) is 4.79 Å². The quantitative estimate of drug-likeness (QED) is 0.609. The smallest absolute Gasteiger partial charge is 0.448 e. The van der Waals surface area contributed by atoms with Gasteiger partial charge in [0.1, 0.15) is 0 Å². The van der Waals surface area contributed by atoms with Crippen molar-refractivity contribution >= 4 is 12.1 Å². The van der Waals surface area contributed by atoms with E-state index in [1.807, 2.05) is 0 Å². The Labute approximate surface area is 62.8 Å². The molecule has 0 aliphatic carbocycles. The molecule has 60 valence electrons. The summed E-state index contributed by atoms with van der Waals surface area (Å²) in [4.78, 5) is 24.9. The summed E-state index contributed by atoms with van der Waals surface area (Å²) in [5, 5.41) is 8.86. The van der Waals surface area contributed by atoms with E-state index in [2.05, 4.69) is 11.4 Å². The van der Waals surface area contributed by atoms with Crippen molar-refractivity contribution in [3.05, 3.63) is 12.3 Å². The van der Waals surface area contributed by atoms with E-state index in [-0.39, 0.29) is 12.3 Å². The summed E-state index contributed by atoms with van der Waals surface area (Å²) in [6.45, 7) is 3.46. The molecule has 0 aromatic carbocycles. The Balaban J connectivity index is 2.62. The van der Waals surface area contributed by atoms with Crippen molar-refractivity contribution in [1.82, 2.24) is 5.06 Å². The molecule has 1 heterocycles. The molecule has 0 atom stereocenters. The Hall–Kier alpha value is -1.52. The van der Waals surface area contributed by atoms with E-state index >= 15 is 0 Å². The molecule has 1 N–H and O–H groups in total. The Kier molecular flexibility index (Phi) is 1.80. The molecule has 1 fully saturated rings. The van der Waals surface area contributed by atoms with E-state index in [4.69, 9.17) is 5.11 Å². The molecule has 0 saturated carbocycles. The number of nitrogens with zero attached hydrogens (tertiary/aromatic N) is 1. The maximum absolute atomic E-state index is 10.8. The van der Waals surface area contributed by atoms with Crippen molar-refractivity contribution < 1.29 is 19.5 Å². The minimum Gasteiger partial charge on any atom is -0.448 e. The first-order chi connectivity index (χ1) is 5.11. The average molecular weight is 157 g/mol. The number of amides is 1. The molecule has 1 rings (SSSR count). The van der Waals surface area contributed by atoms with Gasteiger partial charge in [0.15, 0.2) is 0 Å². The van der Waals surface area contributed by atoms with Crippen LogP contribution < -0.4 is 0 Å². The number of hydroxylamine groups is 2. The fourth-order valence-corrected chi connectivity index (χ4v) is 0.824. The Bertz CT molecular complexity index is 207. The second kappa shape index (κ2) is 2.61. The van der Waals surface area contributed by atoms with Crippen molar-refractivity contribution in [3.8, 4) is 0 Å². The topological polar surface area (TPSA) is 66.8 Å². The van der Waals surface area contributed by atoms with E-state index < -0.39 is 6.16 Å². The largest absolute Gasteiger partial charge is 0.531 e. The average Bonchev–Trinajstić information content (AvgIpc) is 2.18. The molecule has 1 aliphatic rings. The second-order valence-electron chi connectivity index (χ2n) is 2.11. The van der Waals surface area contributed by atoms with Crippen molar-refractivity contribution in [3.63, 3.8) is 0 Å². The van der Waals surface area contributed by atoms with Gasteiger partial charge in [0, 0.05) is 6.42 Å². The lowest BCUT2D eigenvalue weighted by Gasteiger charge is -2.12. The van der Waals surface area contributed by atoms with Crippen LogP contribution in [0.5, 0.6) is 0 Å². The highest BCUT2D eigenvalue weighted by molar-refractivity contribution is 5.81. The van der Waals surface area contributed by atoms with Crippen molar-refractivity contribution in [2.45, 2.75) is 12.8 Å². The summed E-state index contributed by atoms with van der Waals surface area (Å²) in [7, 11) is 0. The maximum Gasteiger partial charge on any atom is 0.531 e. The number of hydrogen-bond donors (Lipinski definition) is 1. The Morgan fingerprint density at radius 3 is 2.64 bits per heavy atom. The van der Waals surface area contributed by atoms with Gasteiger partial charge in [-0.2, -0.15) is 0 Å². The number of carbonyl (C=O) groups excluding carboxylic acids is 1. The molecular formula is C6H7NO4. The van der Waals surface area contributed by atoms with Gasteiger partial charge in [-0.3, -0.25) is 9.63 Å². The van der Waals surface area contributed by atoms with Gasteiger partial charge in [0.05, 0.1) is 5.70 Å². The molecule has 0 aromatic heterocycles. The van der Waals surface area contributed by atoms with Gasteiger partial charge in [-0.05, 0) is 6.42 Å². The summed E-state index contributed by atoms with van der Waals surface area (Å²) in [6, 6.07) is 0. The predicted molar refractivity (Wildman–Crippen MR) is 34.3 cm³/mol. The highest BCUT2D eigenvalue weighted by Crippen LogP contribution is 2.20. The van der Waals surface area contributed by atoms with E-state index in [1.54, 1.807) is 0 Å². The number of rotatable bonds is 1. The predicted octanol–water partition coefficient (Wildman–Crippen LogP) is 0.732. The summed E-state index contributed by atoms with van der Waals surface area (Å²) in [5.41, 5.74) is 0.386. The fourth-order valence-electron chi connectivity index (χ4n) is 0.824. The Morgan fingerprint density at radius 1 is 1.64 bits per heavy atom. The molecule has 11 heavy (non-hydrogen) atoms. The first-order valence-electron chi connectivity index (χ1n) is 3.03. The minimum absolute atomic E-state index is 0.270. The number of hydrogen-bond acceptors (Lipinski definition) is 3. The molecule has 0 radical (unpaired) electrons. The summed E-state index contributed by atoms with van der Waals surface area (Å²) >= 11 is 0. The molecule has 1 aliphatic heterocycles. The summed E-state index contributed by atoms with van der Waals surface area (Å²) in [5.74, 6) is -0.364. The lowest BCUT2D eigenvalue weighted by molar-refractivity contribution is -0.156. The van der Waals surface area contributed by atoms with Crippen molar-refractivity contribution in [2.24, 2.45) is 0 Å². The van der Waals surface area contributed by atoms with Gasteiger partial charge in [-0.1, -0.05) is 6.58 Å². The third-order valence-electron chi connectivity index (χ3n) is 1.31. The third kappa shape index (κ3) is 1.49. The van der Waals surface area contributed by atoms with E-state index in [9.17, 15) is 9.59 Å². The normalized spacial score (nSPS) is 17.3. The third-order valence-corrected chi connectivity index (χ3v) is 1.31.